The van der Waals surface area contributed by atoms with Crippen LogP contribution in [-0.4, -0.2) is 5.11 Å². The van der Waals surface area contributed by atoms with Crippen LogP contribution in [0.1, 0.15) is 24.1 Å². The molecule has 2 aromatic rings. The Balaban J connectivity index is 2.17. The lowest BCUT2D eigenvalue weighted by Crippen LogP contribution is -2.10. The molecule has 0 saturated heterocycles. The van der Waals surface area contributed by atoms with Crippen molar-refractivity contribution in [2.24, 2.45) is 0 Å². The molecule has 1 atom stereocenters. The lowest BCUT2D eigenvalue weighted by Gasteiger charge is -2.17. The van der Waals surface area contributed by atoms with Crippen LogP contribution in [0.25, 0.3) is 0 Å². The van der Waals surface area contributed by atoms with E-state index in [-0.39, 0.29) is 11.8 Å². The molecule has 106 valence electrons. The molecule has 0 aromatic heterocycles. The minimum absolute atomic E-state index is 0.141. The molecule has 0 saturated carbocycles. The topological polar surface area (TPSA) is 32.3 Å². The number of benzene rings is 2. The molecule has 0 bridgehead atoms. The monoisotopic (exact) mass is 281 g/mol. The molecule has 1 unspecified atom stereocenters. The Morgan fingerprint density at radius 2 is 1.70 bits per heavy atom. The zero-order valence-electron chi connectivity index (χ0n) is 10.8. The predicted octanol–water partition coefficient (Wildman–Crippen LogP) is 4.58. The normalized spacial score (nSPS) is 13.0. The molecule has 0 aliphatic heterocycles. The van der Waals surface area contributed by atoms with Crippen molar-refractivity contribution < 1.29 is 18.3 Å². The minimum Gasteiger partial charge on any atom is -0.508 e. The van der Waals surface area contributed by atoms with Gasteiger partial charge in [-0.1, -0.05) is 12.1 Å². The van der Waals surface area contributed by atoms with E-state index in [4.69, 9.17) is 0 Å². The SMILES string of the molecule is CC(Nc1ccc(O)cc1)c1cccc(C(F)(F)F)c1. The lowest BCUT2D eigenvalue weighted by atomic mass is 10.0. The van der Waals surface area contributed by atoms with Gasteiger partial charge in [0.25, 0.3) is 0 Å². The molecule has 2 rings (SSSR count). The highest BCUT2D eigenvalue weighted by Crippen LogP contribution is 2.31. The van der Waals surface area contributed by atoms with Gasteiger partial charge in [0.1, 0.15) is 5.75 Å². The molecule has 0 heterocycles. The summed E-state index contributed by atoms with van der Waals surface area (Å²) in [5, 5.41) is 12.3. The lowest BCUT2D eigenvalue weighted by molar-refractivity contribution is -0.137. The van der Waals surface area contributed by atoms with E-state index in [0.717, 1.165) is 17.8 Å². The average molecular weight is 281 g/mol. The maximum atomic E-state index is 12.7. The Kier molecular flexibility index (Phi) is 3.88. The van der Waals surface area contributed by atoms with Gasteiger partial charge in [0, 0.05) is 11.7 Å². The fraction of sp³-hybridized carbons (Fsp3) is 0.200. The van der Waals surface area contributed by atoms with Gasteiger partial charge in [-0.2, -0.15) is 13.2 Å². The van der Waals surface area contributed by atoms with Crippen molar-refractivity contribution in [3.8, 4) is 5.75 Å². The van der Waals surface area contributed by atoms with Gasteiger partial charge in [0.15, 0.2) is 0 Å². The summed E-state index contributed by atoms with van der Waals surface area (Å²) in [6, 6.07) is 11.3. The highest BCUT2D eigenvalue weighted by atomic mass is 19.4. The van der Waals surface area contributed by atoms with Crippen LogP contribution in [0.3, 0.4) is 0 Å². The third-order valence-corrected chi connectivity index (χ3v) is 2.96. The zero-order chi connectivity index (χ0) is 14.8. The van der Waals surface area contributed by atoms with Crippen LogP contribution in [-0.2, 0) is 6.18 Å². The smallest absolute Gasteiger partial charge is 0.416 e. The zero-order valence-corrected chi connectivity index (χ0v) is 10.8. The maximum Gasteiger partial charge on any atom is 0.416 e. The van der Waals surface area contributed by atoms with Crippen molar-refractivity contribution in [3.63, 3.8) is 0 Å². The Hall–Kier alpha value is -2.17. The van der Waals surface area contributed by atoms with Crippen LogP contribution >= 0.6 is 0 Å². The molecule has 0 spiro atoms. The largest absolute Gasteiger partial charge is 0.508 e. The summed E-state index contributed by atoms with van der Waals surface area (Å²) in [7, 11) is 0. The van der Waals surface area contributed by atoms with Crippen LogP contribution in [0.15, 0.2) is 48.5 Å². The second-order valence-corrected chi connectivity index (χ2v) is 4.54. The predicted molar refractivity (Wildman–Crippen MR) is 71.6 cm³/mol. The summed E-state index contributed by atoms with van der Waals surface area (Å²) in [6.07, 6.45) is -4.34. The number of phenolic OH excluding ortho intramolecular Hbond substituents is 1. The maximum absolute atomic E-state index is 12.7. The first kappa shape index (κ1) is 14.2. The van der Waals surface area contributed by atoms with Crippen molar-refractivity contribution in [3.05, 3.63) is 59.7 Å². The number of aromatic hydroxyl groups is 1. The number of hydrogen-bond acceptors (Lipinski definition) is 2. The van der Waals surface area contributed by atoms with Crippen LogP contribution < -0.4 is 5.32 Å². The molecular formula is C15H14F3NO. The molecule has 0 aliphatic carbocycles. The van der Waals surface area contributed by atoms with Crippen LogP contribution in [0.5, 0.6) is 5.75 Å². The summed E-state index contributed by atoms with van der Waals surface area (Å²) in [6.45, 7) is 1.78. The van der Waals surface area contributed by atoms with E-state index in [9.17, 15) is 18.3 Å². The molecule has 2 nitrogen and oxygen atoms in total. The number of hydrogen-bond donors (Lipinski definition) is 2. The van der Waals surface area contributed by atoms with Gasteiger partial charge in [-0.15, -0.1) is 0 Å². The third kappa shape index (κ3) is 3.44. The second-order valence-electron chi connectivity index (χ2n) is 4.54. The number of rotatable bonds is 3. The van der Waals surface area contributed by atoms with E-state index >= 15 is 0 Å². The van der Waals surface area contributed by atoms with Gasteiger partial charge in [0.2, 0.25) is 0 Å². The highest BCUT2D eigenvalue weighted by molar-refractivity contribution is 5.48. The van der Waals surface area contributed by atoms with Gasteiger partial charge < -0.3 is 10.4 Å². The van der Waals surface area contributed by atoms with Gasteiger partial charge in [-0.05, 0) is 48.9 Å². The van der Waals surface area contributed by atoms with Crippen molar-refractivity contribution >= 4 is 5.69 Å². The van der Waals surface area contributed by atoms with Crippen molar-refractivity contribution in [1.82, 2.24) is 0 Å². The summed E-state index contributed by atoms with van der Waals surface area (Å²) in [4.78, 5) is 0. The molecule has 0 aliphatic rings. The van der Waals surface area contributed by atoms with Gasteiger partial charge in [-0.25, -0.2) is 0 Å². The number of anilines is 1. The highest BCUT2D eigenvalue weighted by Gasteiger charge is 2.30. The quantitative estimate of drug-likeness (QED) is 0.807. The number of alkyl halides is 3. The molecule has 0 radical (unpaired) electrons. The van der Waals surface area contributed by atoms with Crippen molar-refractivity contribution in [2.75, 3.05) is 5.32 Å². The summed E-state index contributed by atoms with van der Waals surface area (Å²) < 4.78 is 38.0. The van der Waals surface area contributed by atoms with Crippen LogP contribution in [0.4, 0.5) is 18.9 Å². The van der Waals surface area contributed by atoms with E-state index in [0.29, 0.717) is 5.56 Å². The van der Waals surface area contributed by atoms with E-state index in [2.05, 4.69) is 5.32 Å². The summed E-state index contributed by atoms with van der Waals surface area (Å²) >= 11 is 0. The Bertz CT molecular complexity index is 578. The van der Waals surface area contributed by atoms with Gasteiger partial charge in [0.05, 0.1) is 5.56 Å². The molecule has 2 aromatic carbocycles. The van der Waals surface area contributed by atoms with Gasteiger partial charge in [-0.3, -0.25) is 0 Å². The number of halogens is 3. The first-order chi connectivity index (χ1) is 9.36. The van der Waals surface area contributed by atoms with E-state index in [1.54, 1.807) is 25.1 Å². The second kappa shape index (κ2) is 5.45. The fourth-order valence-corrected chi connectivity index (χ4v) is 1.88. The van der Waals surface area contributed by atoms with Crippen molar-refractivity contribution in [1.29, 1.82) is 0 Å². The molecular weight excluding hydrogens is 267 g/mol. The average Bonchev–Trinajstić information content (AvgIpc) is 2.40. The number of nitrogens with one attached hydrogen (secondary N) is 1. The minimum atomic E-state index is -4.34. The standard InChI is InChI=1S/C15H14F3NO/c1-10(19-13-5-7-14(20)8-6-13)11-3-2-4-12(9-11)15(16,17)18/h2-10,19-20H,1H3. The molecule has 2 N–H and O–H groups in total. The Morgan fingerprint density at radius 1 is 1.05 bits per heavy atom. The van der Waals surface area contributed by atoms with E-state index in [1.807, 2.05) is 0 Å². The molecule has 5 heteroatoms. The first-order valence-corrected chi connectivity index (χ1v) is 6.09. The summed E-state index contributed by atoms with van der Waals surface area (Å²) in [5.74, 6) is 0.141. The molecule has 0 amide bonds. The third-order valence-electron chi connectivity index (χ3n) is 2.96. The molecule has 0 fully saturated rings. The Labute approximate surface area is 114 Å². The van der Waals surface area contributed by atoms with Crippen LogP contribution in [0.2, 0.25) is 0 Å². The van der Waals surface area contributed by atoms with Crippen LogP contribution in [0, 0.1) is 0 Å². The van der Waals surface area contributed by atoms with E-state index in [1.165, 1.54) is 18.2 Å². The Morgan fingerprint density at radius 3 is 2.30 bits per heavy atom. The van der Waals surface area contributed by atoms with Crippen molar-refractivity contribution in [2.45, 2.75) is 19.1 Å². The van der Waals surface area contributed by atoms with E-state index < -0.39 is 11.7 Å². The molecule has 20 heavy (non-hydrogen) atoms. The summed E-state index contributed by atoms with van der Waals surface area (Å²) in [5.41, 5.74) is 0.620. The fourth-order valence-electron chi connectivity index (χ4n) is 1.88. The number of phenols is 1. The first-order valence-electron chi connectivity index (χ1n) is 6.09. The van der Waals surface area contributed by atoms with Gasteiger partial charge >= 0.3 is 6.18 Å².